The van der Waals surface area contributed by atoms with Gasteiger partial charge >= 0.3 is 0 Å². The molecule has 5 nitrogen and oxygen atoms in total. The molecule has 0 bridgehead atoms. The lowest BCUT2D eigenvalue weighted by Gasteiger charge is -2.11. The Bertz CT molecular complexity index is 3700. The summed E-state index contributed by atoms with van der Waals surface area (Å²) in [5.74, 6) is 0.665. The first kappa shape index (κ1) is 29.0. The molecule has 254 valence electrons. The van der Waals surface area contributed by atoms with Gasteiger partial charge in [0.2, 0.25) is 0 Å². The molecular weight excluding hydrogens is 673 g/mol. The molecule has 0 saturated carbocycles. The number of hydrogen-bond donors (Lipinski definition) is 0. The molecule has 0 aliphatic carbocycles. The van der Waals surface area contributed by atoms with Crippen molar-refractivity contribution in [1.82, 2.24) is 18.9 Å². The van der Waals surface area contributed by atoms with Crippen molar-refractivity contribution in [3.8, 4) is 28.3 Å². The quantitative estimate of drug-likeness (QED) is 0.184. The third-order valence-electron chi connectivity index (χ3n) is 11.6. The van der Waals surface area contributed by atoms with Crippen molar-refractivity contribution >= 4 is 92.7 Å². The fraction of sp³-hybridized carbons (Fsp3) is 0. The van der Waals surface area contributed by atoms with Crippen LogP contribution in [0.4, 0.5) is 0 Å². The van der Waals surface area contributed by atoms with E-state index in [2.05, 4.69) is 142 Å². The topological polar surface area (TPSA) is 48.3 Å². The van der Waals surface area contributed by atoms with Gasteiger partial charge in [0.15, 0.2) is 11.4 Å². The summed E-state index contributed by atoms with van der Waals surface area (Å²) >= 11 is 0. The minimum Gasteiger partial charge on any atom is -0.452 e. The van der Waals surface area contributed by atoms with Crippen molar-refractivity contribution in [3.63, 3.8) is 0 Å². The predicted molar refractivity (Wildman–Crippen MR) is 227 cm³/mol. The number of aromatic nitrogens is 4. The van der Waals surface area contributed by atoms with Gasteiger partial charge in [0.1, 0.15) is 16.8 Å². The molecule has 0 aliphatic heterocycles. The predicted octanol–water partition coefficient (Wildman–Crippen LogP) is 13.1. The molecule has 0 unspecified atom stereocenters. The van der Waals surface area contributed by atoms with E-state index in [1.54, 1.807) is 0 Å². The Kier molecular flexibility index (Phi) is 5.57. The normalized spacial score (nSPS) is 12.4. The van der Waals surface area contributed by atoms with Crippen LogP contribution in [0.25, 0.3) is 121 Å². The Morgan fingerprint density at radius 2 is 1.13 bits per heavy atom. The highest BCUT2D eigenvalue weighted by Crippen LogP contribution is 2.47. The van der Waals surface area contributed by atoms with Crippen molar-refractivity contribution < 1.29 is 4.42 Å². The van der Waals surface area contributed by atoms with Crippen LogP contribution in [-0.2, 0) is 0 Å². The highest BCUT2D eigenvalue weighted by Gasteiger charge is 2.25. The highest BCUT2D eigenvalue weighted by molar-refractivity contribution is 6.35. The average Bonchev–Trinajstić information content (AvgIpc) is 3.99. The number of benzene rings is 8. The Hall–Kier alpha value is -7.50. The van der Waals surface area contributed by atoms with E-state index in [9.17, 15) is 0 Å². The van der Waals surface area contributed by atoms with Crippen molar-refractivity contribution in [2.24, 2.45) is 0 Å². The summed E-state index contributed by atoms with van der Waals surface area (Å²) in [6.07, 6.45) is 0. The van der Waals surface area contributed by atoms with Gasteiger partial charge in [0, 0.05) is 59.9 Å². The van der Waals surface area contributed by atoms with Crippen LogP contribution in [0.2, 0.25) is 0 Å². The largest absolute Gasteiger partial charge is 0.452 e. The monoisotopic (exact) mass is 700 g/mol. The molecule has 0 amide bonds. The van der Waals surface area contributed by atoms with Crippen LogP contribution in [0.1, 0.15) is 0 Å². The molecule has 8 aromatic carbocycles. The van der Waals surface area contributed by atoms with Crippen LogP contribution >= 0.6 is 0 Å². The summed E-state index contributed by atoms with van der Waals surface area (Å²) in [4.78, 5) is 10.3. The van der Waals surface area contributed by atoms with Crippen molar-refractivity contribution in [3.05, 3.63) is 170 Å². The Morgan fingerprint density at radius 1 is 0.436 bits per heavy atom. The molecule has 0 atom stereocenters. The molecule has 5 heteroatoms. The van der Waals surface area contributed by atoms with Gasteiger partial charge in [0.05, 0.1) is 27.6 Å². The molecule has 0 fully saturated rings. The minimum absolute atomic E-state index is 0.665. The lowest BCUT2D eigenvalue weighted by Crippen LogP contribution is -1.96. The molecule has 0 radical (unpaired) electrons. The fourth-order valence-corrected chi connectivity index (χ4v) is 9.30. The van der Waals surface area contributed by atoms with E-state index >= 15 is 0 Å². The maximum Gasteiger partial charge on any atom is 0.180 e. The van der Waals surface area contributed by atoms with Gasteiger partial charge in [-0.15, -0.1) is 0 Å². The van der Waals surface area contributed by atoms with Gasteiger partial charge < -0.3 is 13.4 Å². The number of hydrogen-bond acceptors (Lipinski definition) is 3. The molecule has 5 aromatic heterocycles. The van der Waals surface area contributed by atoms with Crippen LogP contribution in [0.15, 0.2) is 174 Å². The first-order chi connectivity index (χ1) is 27.3. The molecular formula is C50H28N4O. The molecule has 5 heterocycles. The lowest BCUT2D eigenvalue weighted by molar-refractivity contribution is 0.667. The zero-order chi connectivity index (χ0) is 35.8. The van der Waals surface area contributed by atoms with Crippen molar-refractivity contribution in [2.75, 3.05) is 0 Å². The minimum atomic E-state index is 0.665. The first-order valence-corrected chi connectivity index (χ1v) is 18.7. The van der Waals surface area contributed by atoms with E-state index in [1.807, 2.05) is 36.4 Å². The Balaban J connectivity index is 1.09. The van der Waals surface area contributed by atoms with E-state index in [0.717, 1.165) is 39.0 Å². The van der Waals surface area contributed by atoms with Gasteiger partial charge in [0.25, 0.3) is 0 Å². The Labute approximate surface area is 313 Å². The second-order valence-corrected chi connectivity index (χ2v) is 14.5. The van der Waals surface area contributed by atoms with Gasteiger partial charge in [-0.2, -0.15) is 0 Å². The van der Waals surface area contributed by atoms with Crippen molar-refractivity contribution in [2.45, 2.75) is 0 Å². The molecule has 0 spiro atoms. The maximum absolute atomic E-state index is 6.37. The molecule has 13 rings (SSSR count). The smallest absolute Gasteiger partial charge is 0.180 e. The zero-order valence-corrected chi connectivity index (χ0v) is 29.4. The van der Waals surface area contributed by atoms with E-state index in [-0.39, 0.29) is 0 Å². The van der Waals surface area contributed by atoms with E-state index in [4.69, 9.17) is 14.4 Å². The van der Waals surface area contributed by atoms with Crippen LogP contribution in [0.3, 0.4) is 0 Å². The summed E-state index contributed by atoms with van der Waals surface area (Å²) in [6, 6.07) is 60.5. The van der Waals surface area contributed by atoms with E-state index in [0.29, 0.717) is 11.4 Å². The molecule has 0 saturated heterocycles. The van der Waals surface area contributed by atoms with E-state index < -0.39 is 0 Å². The summed E-state index contributed by atoms with van der Waals surface area (Å²) in [6.45, 7) is 0. The number of furan rings is 1. The SMILES string of the molecule is c1ccc(-c2nc(-c3ccc(-n4c5ccccc5c5cc6c7ccc8ccccc8c7n7c8ccccc8c(c54)c67)cc3)nc3c2oc2ccccc23)cc1. The zero-order valence-electron chi connectivity index (χ0n) is 29.4. The third kappa shape index (κ3) is 3.81. The second-order valence-electron chi connectivity index (χ2n) is 14.5. The standard InChI is InChI=1S/C50H28N4O/c1-2-13-30(14-3-1)44-49-45(37-18-8-11-21-42(37)55-49)52-50(51-44)31-22-25-32(26-23-31)53-40-19-9-6-16-34(40)38-28-39-35-27-24-29-12-4-5-15-33(29)46(35)54-41-20-10-7-17-36(41)43(47(38)53)48(39)54/h1-28H. The van der Waals surface area contributed by atoms with Gasteiger partial charge in [-0.25, -0.2) is 9.97 Å². The molecule has 0 N–H and O–H groups in total. The fourth-order valence-electron chi connectivity index (χ4n) is 9.30. The van der Waals surface area contributed by atoms with Crippen LogP contribution in [-0.4, -0.2) is 18.9 Å². The second kappa shape index (κ2) is 10.6. The van der Waals surface area contributed by atoms with Gasteiger partial charge in [-0.1, -0.05) is 115 Å². The Morgan fingerprint density at radius 3 is 1.98 bits per heavy atom. The van der Waals surface area contributed by atoms with Crippen LogP contribution in [0, 0.1) is 0 Å². The third-order valence-corrected chi connectivity index (χ3v) is 11.6. The summed E-state index contributed by atoms with van der Waals surface area (Å²) in [5.41, 5.74) is 12.3. The molecule has 0 aliphatic rings. The maximum atomic E-state index is 6.37. The molecule has 13 aromatic rings. The number of nitrogens with zero attached hydrogens (tertiary/aromatic N) is 4. The number of fused-ring (bicyclic) bond motifs is 15. The lowest BCUT2D eigenvalue weighted by atomic mass is 10.0. The highest BCUT2D eigenvalue weighted by atomic mass is 16.3. The average molecular weight is 701 g/mol. The number of rotatable bonds is 3. The first-order valence-electron chi connectivity index (χ1n) is 18.7. The van der Waals surface area contributed by atoms with Crippen LogP contribution in [0.5, 0.6) is 0 Å². The summed E-state index contributed by atoms with van der Waals surface area (Å²) in [5, 5.41) is 11.1. The van der Waals surface area contributed by atoms with Gasteiger partial charge in [-0.05, 0) is 60.0 Å². The number of para-hydroxylation sites is 3. The van der Waals surface area contributed by atoms with E-state index in [1.165, 1.54) is 70.7 Å². The van der Waals surface area contributed by atoms with Crippen LogP contribution < -0.4 is 0 Å². The summed E-state index contributed by atoms with van der Waals surface area (Å²) < 4.78 is 11.3. The van der Waals surface area contributed by atoms with Crippen molar-refractivity contribution in [1.29, 1.82) is 0 Å². The molecule has 55 heavy (non-hydrogen) atoms. The summed E-state index contributed by atoms with van der Waals surface area (Å²) in [7, 11) is 0. The van der Waals surface area contributed by atoms with Gasteiger partial charge in [-0.3, -0.25) is 0 Å².